The molecule has 1 aliphatic heterocycles. The van der Waals surface area contributed by atoms with E-state index < -0.39 is 84.5 Å². The Morgan fingerprint density at radius 3 is 2.26 bits per heavy atom. The van der Waals surface area contributed by atoms with Gasteiger partial charge in [0.2, 0.25) is 35.4 Å². The standard InChI is InChI=1S/C32H40ClFN6O7/c1-18(2)28-32(47)36-19(3)29(44)38-25(17-41)31(46)37-24(13-20-7-5-4-6-8-20)30(45)35-11-12-40(16-26(42)39-28)27(43)14-21-9-10-22(34)15-23(21)33/h4-10,15,18-19,24-25,28,41H,11-14,16-17H2,1-3H3,(H,35,45)(H,36,47)(H,37,46)(H,38,44)(H,39,42)/t19-,24+,25-,28+/m0/s1. The number of carbonyl (C=O) groups excluding carboxylic acids is 6. The van der Waals surface area contributed by atoms with Gasteiger partial charge in [0.05, 0.1) is 19.6 Å². The molecule has 6 amide bonds. The van der Waals surface area contributed by atoms with E-state index in [4.69, 9.17) is 11.6 Å². The van der Waals surface area contributed by atoms with Gasteiger partial charge in [0.15, 0.2) is 0 Å². The van der Waals surface area contributed by atoms with Gasteiger partial charge >= 0.3 is 0 Å². The van der Waals surface area contributed by atoms with Crippen molar-refractivity contribution in [2.45, 2.75) is 57.8 Å². The Hall–Kier alpha value is -4.56. The minimum absolute atomic E-state index is 0.0212. The zero-order chi connectivity index (χ0) is 34.7. The Bertz CT molecular complexity index is 1460. The highest BCUT2D eigenvalue weighted by molar-refractivity contribution is 6.31. The number of benzene rings is 2. The van der Waals surface area contributed by atoms with Crippen molar-refractivity contribution in [3.05, 3.63) is 70.5 Å². The first-order valence-electron chi connectivity index (χ1n) is 15.1. The van der Waals surface area contributed by atoms with Crippen molar-refractivity contribution in [3.8, 4) is 0 Å². The molecule has 1 saturated heterocycles. The molecule has 254 valence electrons. The molecule has 0 unspecified atom stereocenters. The maximum Gasteiger partial charge on any atom is 0.245 e. The fourth-order valence-electron chi connectivity index (χ4n) is 4.79. The lowest BCUT2D eigenvalue weighted by Crippen LogP contribution is -2.60. The van der Waals surface area contributed by atoms with Gasteiger partial charge in [0.1, 0.15) is 30.0 Å². The average Bonchev–Trinajstić information content (AvgIpc) is 3.02. The van der Waals surface area contributed by atoms with Crippen LogP contribution < -0.4 is 26.6 Å². The molecular weight excluding hydrogens is 635 g/mol. The summed E-state index contributed by atoms with van der Waals surface area (Å²) in [5.74, 6) is -5.20. The molecule has 0 aromatic heterocycles. The molecule has 3 rings (SSSR count). The topological polar surface area (TPSA) is 186 Å². The number of amides is 6. The second kappa shape index (κ2) is 17.4. The van der Waals surface area contributed by atoms with E-state index in [1.165, 1.54) is 13.0 Å². The molecule has 0 saturated carbocycles. The molecule has 0 bridgehead atoms. The van der Waals surface area contributed by atoms with Crippen LogP contribution in [0.25, 0.3) is 0 Å². The number of rotatable bonds is 6. The zero-order valence-corrected chi connectivity index (χ0v) is 27.1. The number of aliphatic hydroxyl groups is 1. The van der Waals surface area contributed by atoms with Crippen LogP contribution in [-0.2, 0) is 41.6 Å². The zero-order valence-electron chi connectivity index (χ0n) is 26.3. The van der Waals surface area contributed by atoms with Crippen molar-refractivity contribution in [3.63, 3.8) is 0 Å². The molecule has 2 aromatic rings. The first-order valence-corrected chi connectivity index (χ1v) is 15.5. The van der Waals surface area contributed by atoms with Gasteiger partial charge in [-0.3, -0.25) is 28.8 Å². The van der Waals surface area contributed by atoms with Crippen LogP contribution in [0.15, 0.2) is 48.5 Å². The van der Waals surface area contributed by atoms with E-state index in [1.54, 1.807) is 44.2 Å². The highest BCUT2D eigenvalue weighted by Crippen LogP contribution is 2.18. The Morgan fingerprint density at radius 1 is 0.936 bits per heavy atom. The lowest BCUT2D eigenvalue weighted by Gasteiger charge is -2.28. The number of hydrogen-bond donors (Lipinski definition) is 6. The summed E-state index contributed by atoms with van der Waals surface area (Å²) in [5, 5.41) is 22.6. The van der Waals surface area contributed by atoms with Crippen LogP contribution in [-0.4, -0.2) is 95.9 Å². The summed E-state index contributed by atoms with van der Waals surface area (Å²) in [6.07, 6.45) is -0.224. The van der Waals surface area contributed by atoms with Crippen molar-refractivity contribution < 1.29 is 38.3 Å². The second-order valence-corrected chi connectivity index (χ2v) is 11.9. The van der Waals surface area contributed by atoms with Gasteiger partial charge in [-0.2, -0.15) is 0 Å². The van der Waals surface area contributed by atoms with Crippen molar-refractivity contribution in [1.82, 2.24) is 31.5 Å². The number of nitrogens with zero attached hydrogens (tertiary/aromatic N) is 1. The van der Waals surface area contributed by atoms with Gasteiger partial charge in [0.25, 0.3) is 0 Å². The predicted octanol–water partition coefficient (Wildman–Crippen LogP) is -0.170. The van der Waals surface area contributed by atoms with Crippen molar-refractivity contribution in [2.24, 2.45) is 5.92 Å². The third kappa shape index (κ3) is 11.0. The number of nitrogens with one attached hydrogen (secondary N) is 5. The van der Waals surface area contributed by atoms with Crippen molar-refractivity contribution in [1.29, 1.82) is 0 Å². The largest absolute Gasteiger partial charge is 0.394 e. The van der Waals surface area contributed by atoms with E-state index in [9.17, 15) is 38.3 Å². The Balaban J connectivity index is 1.92. The summed E-state index contributed by atoms with van der Waals surface area (Å²) >= 11 is 6.13. The molecule has 6 N–H and O–H groups in total. The Labute approximate surface area is 277 Å². The summed E-state index contributed by atoms with van der Waals surface area (Å²) in [6.45, 7) is 3.14. The monoisotopic (exact) mass is 674 g/mol. The third-order valence-corrected chi connectivity index (χ3v) is 7.83. The van der Waals surface area contributed by atoms with Crippen LogP contribution in [0.5, 0.6) is 0 Å². The van der Waals surface area contributed by atoms with Crippen LogP contribution in [0.1, 0.15) is 31.9 Å². The van der Waals surface area contributed by atoms with Gasteiger partial charge in [-0.1, -0.05) is 61.8 Å². The van der Waals surface area contributed by atoms with Crippen LogP contribution in [0.4, 0.5) is 4.39 Å². The Kier molecular flexibility index (Phi) is 13.6. The lowest BCUT2D eigenvalue weighted by molar-refractivity contribution is -0.138. The number of halogens is 2. The minimum atomic E-state index is -1.45. The van der Waals surface area contributed by atoms with E-state index in [2.05, 4.69) is 26.6 Å². The van der Waals surface area contributed by atoms with Crippen LogP contribution in [0, 0.1) is 11.7 Å². The minimum Gasteiger partial charge on any atom is -0.394 e. The van der Waals surface area contributed by atoms with Crippen LogP contribution >= 0.6 is 11.6 Å². The van der Waals surface area contributed by atoms with E-state index in [0.29, 0.717) is 11.1 Å². The van der Waals surface area contributed by atoms with E-state index in [0.717, 1.165) is 17.0 Å². The van der Waals surface area contributed by atoms with Gasteiger partial charge in [-0.15, -0.1) is 0 Å². The first-order chi connectivity index (χ1) is 22.3. The predicted molar refractivity (Wildman–Crippen MR) is 170 cm³/mol. The lowest BCUT2D eigenvalue weighted by atomic mass is 10.0. The second-order valence-electron chi connectivity index (χ2n) is 11.5. The summed E-state index contributed by atoms with van der Waals surface area (Å²) < 4.78 is 13.6. The maximum absolute atomic E-state index is 13.6. The molecule has 47 heavy (non-hydrogen) atoms. The van der Waals surface area contributed by atoms with Gasteiger partial charge in [-0.05, 0) is 36.1 Å². The van der Waals surface area contributed by atoms with Gasteiger partial charge in [0, 0.05) is 24.5 Å². The molecule has 1 fully saturated rings. The molecule has 1 aliphatic rings. The molecule has 4 atom stereocenters. The van der Waals surface area contributed by atoms with Crippen molar-refractivity contribution >= 4 is 47.0 Å². The van der Waals surface area contributed by atoms with Crippen LogP contribution in [0.2, 0.25) is 5.02 Å². The Morgan fingerprint density at radius 2 is 1.62 bits per heavy atom. The highest BCUT2D eigenvalue weighted by Gasteiger charge is 2.31. The normalized spacial score (nSPS) is 22.3. The van der Waals surface area contributed by atoms with E-state index in [1.807, 2.05) is 0 Å². The summed E-state index contributed by atoms with van der Waals surface area (Å²) in [6, 6.07) is 7.50. The van der Waals surface area contributed by atoms with Crippen molar-refractivity contribution in [2.75, 3.05) is 26.2 Å². The maximum atomic E-state index is 13.6. The number of carbonyl (C=O) groups is 6. The smallest absolute Gasteiger partial charge is 0.245 e. The fraction of sp³-hybridized carbons (Fsp3) is 0.438. The number of hydrogen-bond acceptors (Lipinski definition) is 7. The van der Waals surface area contributed by atoms with E-state index >= 15 is 0 Å². The van der Waals surface area contributed by atoms with Gasteiger partial charge in [-0.25, -0.2) is 4.39 Å². The molecule has 0 radical (unpaired) electrons. The van der Waals surface area contributed by atoms with Gasteiger partial charge < -0.3 is 36.6 Å². The molecule has 15 heteroatoms. The van der Waals surface area contributed by atoms with E-state index in [-0.39, 0.29) is 31.0 Å². The SMILES string of the molecule is CC(C)[C@H]1NC(=O)CN(C(=O)Cc2ccc(F)cc2Cl)CCNC(=O)[C@@H](Cc2ccccc2)NC(=O)[C@H](CO)NC(=O)[C@H](C)NC1=O. The van der Waals surface area contributed by atoms with Crippen LogP contribution in [0.3, 0.4) is 0 Å². The average molecular weight is 675 g/mol. The molecule has 2 aromatic carbocycles. The molecule has 0 spiro atoms. The summed E-state index contributed by atoms with van der Waals surface area (Å²) in [5.41, 5.74) is 1.03. The molecular formula is C32H40ClFN6O7. The fourth-order valence-corrected chi connectivity index (χ4v) is 5.02. The molecule has 13 nitrogen and oxygen atoms in total. The molecule has 1 heterocycles. The first kappa shape index (κ1) is 36.9. The molecule has 0 aliphatic carbocycles. The summed E-state index contributed by atoms with van der Waals surface area (Å²) in [4.78, 5) is 80.3. The highest BCUT2D eigenvalue weighted by atomic mass is 35.5. The quantitative estimate of drug-likeness (QED) is 0.246. The number of aliphatic hydroxyl groups excluding tert-OH is 1. The third-order valence-electron chi connectivity index (χ3n) is 7.47. The summed E-state index contributed by atoms with van der Waals surface area (Å²) in [7, 11) is 0.